The van der Waals surface area contributed by atoms with E-state index in [2.05, 4.69) is 4.98 Å². The van der Waals surface area contributed by atoms with E-state index in [9.17, 15) is 0 Å². The molecule has 0 saturated heterocycles. The van der Waals surface area contributed by atoms with Gasteiger partial charge in [-0.15, -0.1) is 0 Å². The zero-order chi connectivity index (χ0) is 8.43. The van der Waals surface area contributed by atoms with E-state index in [-0.39, 0.29) is 0 Å². The molecule has 1 aromatic heterocycles. The number of hydrogen-bond acceptors (Lipinski definition) is 4. The van der Waals surface area contributed by atoms with Gasteiger partial charge in [-0.3, -0.25) is 4.98 Å². The normalized spacial score (nSPS) is 9.73. The van der Waals surface area contributed by atoms with E-state index in [1.807, 2.05) is 0 Å². The van der Waals surface area contributed by atoms with Gasteiger partial charge in [-0.1, -0.05) is 0 Å². The average Bonchev–Trinajstić information content (AvgIpc) is 1.94. The summed E-state index contributed by atoms with van der Waals surface area (Å²) < 4.78 is 0. The first kappa shape index (κ1) is 8.04. The minimum atomic E-state index is -1.49. The highest BCUT2D eigenvalue weighted by Crippen LogP contribution is 1.97. The standard InChI is InChI=1S/C6H9BN2O2/c1-4-6(7(10)11)2-5(8)3-9-4/h2-3,10-11H,8H2,1H3. The lowest BCUT2D eigenvalue weighted by molar-refractivity contribution is 0.425. The smallest absolute Gasteiger partial charge is 0.423 e. The quantitative estimate of drug-likeness (QED) is 0.434. The van der Waals surface area contributed by atoms with E-state index in [1.54, 1.807) is 6.92 Å². The van der Waals surface area contributed by atoms with Crippen LogP contribution in [0.2, 0.25) is 0 Å². The van der Waals surface area contributed by atoms with Crippen LogP contribution in [0.15, 0.2) is 12.3 Å². The summed E-state index contributed by atoms with van der Waals surface area (Å²) in [6.07, 6.45) is 1.47. The summed E-state index contributed by atoms with van der Waals surface area (Å²) in [6.45, 7) is 1.69. The second-order valence-corrected chi connectivity index (χ2v) is 2.32. The van der Waals surface area contributed by atoms with Gasteiger partial charge in [0, 0.05) is 23.0 Å². The maximum atomic E-state index is 8.79. The fourth-order valence-electron chi connectivity index (χ4n) is 0.829. The molecule has 0 spiro atoms. The number of nitrogen functional groups attached to an aromatic ring is 1. The van der Waals surface area contributed by atoms with Crippen LogP contribution in [0.5, 0.6) is 0 Å². The van der Waals surface area contributed by atoms with Crippen molar-refractivity contribution < 1.29 is 10.0 Å². The van der Waals surface area contributed by atoms with Crippen LogP contribution >= 0.6 is 0 Å². The molecular formula is C6H9BN2O2. The van der Waals surface area contributed by atoms with Crippen molar-refractivity contribution in [3.05, 3.63) is 18.0 Å². The van der Waals surface area contributed by atoms with Crippen molar-refractivity contribution in [2.24, 2.45) is 0 Å². The van der Waals surface area contributed by atoms with Gasteiger partial charge in [-0.2, -0.15) is 0 Å². The zero-order valence-corrected chi connectivity index (χ0v) is 6.15. The predicted molar refractivity (Wildman–Crippen MR) is 43.2 cm³/mol. The number of nitrogens with zero attached hydrogens (tertiary/aromatic N) is 1. The first-order chi connectivity index (χ1) is 5.11. The van der Waals surface area contributed by atoms with Crippen LogP contribution in [0.1, 0.15) is 5.69 Å². The Hall–Kier alpha value is -1.07. The molecule has 0 unspecified atom stereocenters. The van der Waals surface area contributed by atoms with Crippen molar-refractivity contribution in [1.29, 1.82) is 0 Å². The summed E-state index contributed by atoms with van der Waals surface area (Å²) in [5.41, 5.74) is 6.74. The monoisotopic (exact) mass is 152 g/mol. The molecule has 1 aromatic rings. The van der Waals surface area contributed by atoms with Gasteiger partial charge < -0.3 is 15.8 Å². The van der Waals surface area contributed by atoms with Gasteiger partial charge in [-0.25, -0.2) is 0 Å². The van der Waals surface area contributed by atoms with Gasteiger partial charge in [0.05, 0.1) is 0 Å². The van der Waals surface area contributed by atoms with Crippen molar-refractivity contribution in [3.63, 3.8) is 0 Å². The molecule has 0 radical (unpaired) electrons. The molecule has 0 aliphatic rings. The Labute approximate surface area is 64.8 Å². The Morgan fingerprint density at radius 3 is 2.64 bits per heavy atom. The molecule has 58 valence electrons. The second kappa shape index (κ2) is 2.90. The lowest BCUT2D eigenvalue weighted by Crippen LogP contribution is -2.33. The first-order valence-electron chi connectivity index (χ1n) is 3.19. The Morgan fingerprint density at radius 1 is 1.55 bits per heavy atom. The molecule has 0 aromatic carbocycles. The van der Waals surface area contributed by atoms with Crippen molar-refractivity contribution in [2.45, 2.75) is 6.92 Å². The van der Waals surface area contributed by atoms with Gasteiger partial charge in [0.2, 0.25) is 0 Å². The van der Waals surface area contributed by atoms with Crippen LogP contribution in [0.4, 0.5) is 5.69 Å². The maximum absolute atomic E-state index is 8.79. The number of nitrogens with two attached hydrogens (primary N) is 1. The maximum Gasteiger partial charge on any atom is 0.490 e. The summed E-state index contributed by atoms with van der Waals surface area (Å²) in [4.78, 5) is 3.85. The molecule has 0 bridgehead atoms. The number of anilines is 1. The summed E-state index contributed by atoms with van der Waals surface area (Å²) in [6, 6.07) is 1.49. The van der Waals surface area contributed by atoms with E-state index in [1.165, 1.54) is 12.3 Å². The first-order valence-corrected chi connectivity index (χ1v) is 3.19. The minimum Gasteiger partial charge on any atom is -0.423 e. The molecule has 0 aliphatic heterocycles. The molecule has 0 fully saturated rings. The zero-order valence-electron chi connectivity index (χ0n) is 6.15. The van der Waals surface area contributed by atoms with Gasteiger partial charge >= 0.3 is 7.12 Å². The molecule has 0 atom stereocenters. The van der Waals surface area contributed by atoms with E-state index in [0.29, 0.717) is 16.8 Å². The highest BCUT2D eigenvalue weighted by Gasteiger charge is 2.14. The fraction of sp³-hybridized carbons (Fsp3) is 0.167. The molecule has 11 heavy (non-hydrogen) atoms. The Bertz CT molecular complexity index is 265. The Morgan fingerprint density at radius 2 is 2.18 bits per heavy atom. The van der Waals surface area contributed by atoms with Gasteiger partial charge in [0.25, 0.3) is 0 Å². The number of aryl methyl sites for hydroxylation is 1. The van der Waals surface area contributed by atoms with Crippen molar-refractivity contribution in [1.82, 2.24) is 4.98 Å². The van der Waals surface area contributed by atoms with Gasteiger partial charge in [0.15, 0.2) is 0 Å². The van der Waals surface area contributed by atoms with Gasteiger partial charge in [-0.05, 0) is 13.0 Å². The summed E-state index contributed by atoms with van der Waals surface area (Å²) in [5, 5.41) is 17.6. The van der Waals surface area contributed by atoms with Crippen LogP contribution in [-0.2, 0) is 0 Å². The Balaban J connectivity index is 3.13. The lowest BCUT2D eigenvalue weighted by Gasteiger charge is -2.03. The molecule has 0 aliphatic carbocycles. The number of pyridine rings is 1. The van der Waals surface area contributed by atoms with Gasteiger partial charge in [0.1, 0.15) is 0 Å². The van der Waals surface area contributed by atoms with E-state index in [4.69, 9.17) is 15.8 Å². The molecule has 4 nitrogen and oxygen atoms in total. The number of hydrogen-bond donors (Lipinski definition) is 3. The topological polar surface area (TPSA) is 79.4 Å². The van der Waals surface area contributed by atoms with Crippen molar-refractivity contribution in [3.8, 4) is 0 Å². The average molecular weight is 152 g/mol. The molecule has 5 heteroatoms. The SMILES string of the molecule is Cc1ncc(N)cc1B(O)O. The summed E-state index contributed by atoms with van der Waals surface area (Å²) in [7, 11) is -1.49. The van der Waals surface area contributed by atoms with Crippen LogP contribution in [0.25, 0.3) is 0 Å². The van der Waals surface area contributed by atoms with E-state index < -0.39 is 7.12 Å². The lowest BCUT2D eigenvalue weighted by atomic mass is 9.79. The molecule has 0 amide bonds. The van der Waals surface area contributed by atoms with E-state index in [0.717, 1.165) is 0 Å². The van der Waals surface area contributed by atoms with Crippen molar-refractivity contribution >= 4 is 18.3 Å². The summed E-state index contributed by atoms with van der Waals surface area (Å²) in [5.74, 6) is 0. The summed E-state index contributed by atoms with van der Waals surface area (Å²) >= 11 is 0. The van der Waals surface area contributed by atoms with E-state index >= 15 is 0 Å². The van der Waals surface area contributed by atoms with Crippen molar-refractivity contribution in [2.75, 3.05) is 5.73 Å². The predicted octanol–water partition coefficient (Wildman–Crippen LogP) is -1.35. The third-order valence-corrected chi connectivity index (χ3v) is 1.43. The molecule has 0 saturated carbocycles. The van der Waals surface area contributed by atoms with Crippen LogP contribution in [-0.4, -0.2) is 22.2 Å². The second-order valence-electron chi connectivity index (χ2n) is 2.32. The van der Waals surface area contributed by atoms with Crippen LogP contribution in [0, 0.1) is 6.92 Å². The molecular weight excluding hydrogens is 143 g/mol. The third kappa shape index (κ3) is 1.69. The largest absolute Gasteiger partial charge is 0.490 e. The van der Waals surface area contributed by atoms with Crippen LogP contribution in [0.3, 0.4) is 0 Å². The molecule has 1 heterocycles. The third-order valence-electron chi connectivity index (χ3n) is 1.43. The highest BCUT2D eigenvalue weighted by molar-refractivity contribution is 6.59. The molecule has 4 N–H and O–H groups in total. The molecule has 1 rings (SSSR count). The number of aromatic nitrogens is 1. The number of rotatable bonds is 1. The highest BCUT2D eigenvalue weighted by atomic mass is 16.4. The minimum absolute atomic E-state index is 0.352. The van der Waals surface area contributed by atoms with Crippen LogP contribution < -0.4 is 11.2 Å². The Kier molecular flexibility index (Phi) is 2.12. The fourth-order valence-corrected chi connectivity index (χ4v) is 0.829.